The third kappa shape index (κ3) is 8.83. The molecule has 0 heterocycles. The SMILES string of the molecule is CCCCC1(OP(=O)(OC2(CCCC)CCCCC2)OC2(CCCC)CCCCC2)CCCCC1. The van der Waals surface area contributed by atoms with Crippen molar-refractivity contribution in [3.63, 3.8) is 0 Å². The Hall–Kier alpha value is 0.110. The molecule has 0 radical (unpaired) electrons. The fourth-order valence-electron chi connectivity index (χ4n) is 7.01. The molecule has 0 bridgehead atoms. The summed E-state index contributed by atoms with van der Waals surface area (Å²) in [6, 6.07) is 0. The number of rotatable bonds is 15. The van der Waals surface area contributed by atoms with Gasteiger partial charge in [0.1, 0.15) is 0 Å². The Labute approximate surface area is 217 Å². The molecule has 4 nitrogen and oxygen atoms in total. The van der Waals surface area contributed by atoms with Gasteiger partial charge in [-0.1, -0.05) is 117 Å². The van der Waals surface area contributed by atoms with Gasteiger partial charge >= 0.3 is 7.82 Å². The molecule has 0 atom stereocenters. The second-order valence-electron chi connectivity index (χ2n) is 12.3. The van der Waals surface area contributed by atoms with Gasteiger partial charge in [0.05, 0.1) is 16.8 Å². The van der Waals surface area contributed by atoms with E-state index in [2.05, 4.69) is 20.8 Å². The molecule has 3 fully saturated rings. The topological polar surface area (TPSA) is 44.8 Å². The van der Waals surface area contributed by atoms with Gasteiger partial charge in [-0.2, -0.15) is 0 Å². The minimum atomic E-state index is -3.74. The molecule has 0 N–H and O–H groups in total. The minimum absolute atomic E-state index is 0.342. The minimum Gasteiger partial charge on any atom is -0.280 e. The number of hydrogen-bond donors (Lipinski definition) is 0. The maximum Gasteiger partial charge on any atom is 0.476 e. The smallest absolute Gasteiger partial charge is 0.280 e. The average Bonchev–Trinajstić information content (AvgIpc) is 2.86. The van der Waals surface area contributed by atoms with Gasteiger partial charge < -0.3 is 0 Å². The maximum absolute atomic E-state index is 15.1. The molecule has 5 heteroatoms. The van der Waals surface area contributed by atoms with Crippen molar-refractivity contribution in [1.29, 1.82) is 0 Å². The van der Waals surface area contributed by atoms with Gasteiger partial charge in [-0.3, -0.25) is 13.6 Å². The van der Waals surface area contributed by atoms with Gasteiger partial charge in [0.15, 0.2) is 0 Å². The number of phosphoric acid groups is 1. The Morgan fingerprint density at radius 1 is 0.486 bits per heavy atom. The Kier molecular flexibility index (Phi) is 12.1. The van der Waals surface area contributed by atoms with E-state index in [1.807, 2.05) is 0 Å². The number of unbranched alkanes of at least 4 members (excludes halogenated alkanes) is 3. The lowest BCUT2D eigenvalue weighted by atomic mass is 9.81. The molecule has 0 spiro atoms. The van der Waals surface area contributed by atoms with Gasteiger partial charge in [-0.25, -0.2) is 4.57 Å². The van der Waals surface area contributed by atoms with Crippen molar-refractivity contribution >= 4 is 7.82 Å². The van der Waals surface area contributed by atoms with E-state index in [9.17, 15) is 0 Å². The van der Waals surface area contributed by atoms with Crippen LogP contribution in [0.3, 0.4) is 0 Å². The Morgan fingerprint density at radius 3 is 0.971 bits per heavy atom. The summed E-state index contributed by atoms with van der Waals surface area (Å²) in [7, 11) is -3.74. The van der Waals surface area contributed by atoms with Crippen molar-refractivity contribution in [3.8, 4) is 0 Å². The Balaban J connectivity index is 1.93. The zero-order valence-corrected chi connectivity index (χ0v) is 24.4. The summed E-state index contributed by atoms with van der Waals surface area (Å²) in [5.74, 6) is 0. The third-order valence-corrected chi connectivity index (χ3v) is 11.0. The quantitative estimate of drug-likeness (QED) is 0.205. The number of phosphoric ester groups is 1. The first kappa shape index (κ1) is 29.7. The highest BCUT2D eigenvalue weighted by atomic mass is 31.2. The molecule has 3 aliphatic rings. The van der Waals surface area contributed by atoms with Gasteiger partial charge in [-0.05, 0) is 57.8 Å². The van der Waals surface area contributed by atoms with E-state index in [1.165, 1.54) is 19.3 Å². The standard InChI is InChI=1S/C30H57O4P/c1-4-7-19-28(22-13-10-14-23-28)32-35(31,33-29(20-8-5-2)24-15-11-16-25-29)34-30(21-9-6-3)26-17-12-18-27-30/h4-27H2,1-3H3. The van der Waals surface area contributed by atoms with E-state index in [1.54, 1.807) is 0 Å². The van der Waals surface area contributed by atoms with E-state index in [0.29, 0.717) is 0 Å². The molecule has 3 aliphatic carbocycles. The lowest BCUT2D eigenvalue weighted by Gasteiger charge is -2.46. The van der Waals surface area contributed by atoms with Crippen molar-refractivity contribution in [2.75, 3.05) is 0 Å². The monoisotopic (exact) mass is 512 g/mol. The highest BCUT2D eigenvalue weighted by Crippen LogP contribution is 2.64. The zero-order valence-electron chi connectivity index (χ0n) is 23.6. The van der Waals surface area contributed by atoms with Gasteiger partial charge in [0.25, 0.3) is 0 Å². The first-order chi connectivity index (χ1) is 16.9. The molecule has 0 aromatic heterocycles. The highest BCUT2D eigenvalue weighted by molar-refractivity contribution is 7.48. The third-order valence-electron chi connectivity index (χ3n) is 9.17. The Morgan fingerprint density at radius 2 is 0.743 bits per heavy atom. The van der Waals surface area contributed by atoms with Gasteiger partial charge in [-0.15, -0.1) is 0 Å². The first-order valence-electron chi connectivity index (χ1n) is 15.6. The van der Waals surface area contributed by atoms with E-state index in [4.69, 9.17) is 13.6 Å². The summed E-state index contributed by atoms with van der Waals surface area (Å²) >= 11 is 0. The zero-order chi connectivity index (χ0) is 25.1. The van der Waals surface area contributed by atoms with Crippen LogP contribution in [-0.2, 0) is 18.1 Å². The number of hydrogen-bond acceptors (Lipinski definition) is 4. The molecule has 0 saturated heterocycles. The van der Waals surface area contributed by atoms with Crippen LogP contribution in [0.15, 0.2) is 0 Å². The van der Waals surface area contributed by atoms with Crippen LogP contribution in [0.1, 0.15) is 175 Å². The summed E-state index contributed by atoms with van der Waals surface area (Å²) in [4.78, 5) is 0. The van der Waals surface area contributed by atoms with Crippen LogP contribution >= 0.6 is 7.82 Å². The van der Waals surface area contributed by atoms with Crippen LogP contribution in [0.2, 0.25) is 0 Å². The fourth-order valence-corrected chi connectivity index (χ4v) is 9.37. The molecule has 3 saturated carbocycles. The highest BCUT2D eigenvalue weighted by Gasteiger charge is 2.51. The van der Waals surface area contributed by atoms with Crippen LogP contribution in [0.25, 0.3) is 0 Å². The largest absolute Gasteiger partial charge is 0.476 e. The summed E-state index contributed by atoms with van der Waals surface area (Å²) < 4.78 is 35.7. The lowest BCUT2D eigenvalue weighted by molar-refractivity contribution is -0.0993. The second kappa shape index (κ2) is 14.3. The van der Waals surface area contributed by atoms with Crippen molar-refractivity contribution in [2.24, 2.45) is 0 Å². The van der Waals surface area contributed by atoms with Crippen molar-refractivity contribution in [2.45, 2.75) is 192 Å². The molecule has 0 aromatic rings. The van der Waals surface area contributed by atoms with Crippen LogP contribution in [0.4, 0.5) is 0 Å². The van der Waals surface area contributed by atoms with Crippen LogP contribution in [0.5, 0.6) is 0 Å². The normalized spacial score (nSPS) is 24.3. The maximum atomic E-state index is 15.1. The molecule has 206 valence electrons. The van der Waals surface area contributed by atoms with E-state index < -0.39 is 7.82 Å². The van der Waals surface area contributed by atoms with Crippen molar-refractivity contribution < 1.29 is 18.1 Å². The van der Waals surface area contributed by atoms with Gasteiger partial charge in [0, 0.05) is 0 Å². The second-order valence-corrected chi connectivity index (χ2v) is 13.7. The predicted octanol–water partition coefficient (Wildman–Crippen LogP) is 10.8. The molecule has 3 rings (SSSR count). The molecular formula is C30H57O4P. The summed E-state index contributed by atoms with van der Waals surface area (Å²) in [6.07, 6.45) is 26.4. The van der Waals surface area contributed by atoms with Crippen LogP contribution in [-0.4, -0.2) is 16.8 Å². The van der Waals surface area contributed by atoms with Gasteiger partial charge in [0.2, 0.25) is 0 Å². The molecule has 35 heavy (non-hydrogen) atoms. The van der Waals surface area contributed by atoms with E-state index >= 15 is 4.57 Å². The van der Waals surface area contributed by atoms with Crippen LogP contribution < -0.4 is 0 Å². The molecule has 0 aliphatic heterocycles. The summed E-state index contributed by atoms with van der Waals surface area (Å²) in [5.41, 5.74) is -1.03. The predicted molar refractivity (Wildman–Crippen MR) is 147 cm³/mol. The summed E-state index contributed by atoms with van der Waals surface area (Å²) in [5, 5.41) is 0. The molecule has 0 amide bonds. The molecule has 0 unspecified atom stereocenters. The van der Waals surface area contributed by atoms with Crippen molar-refractivity contribution in [1.82, 2.24) is 0 Å². The average molecular weight is 513 g/mol. The fraction of sp³-hybridized carbons (Fsp3) is 1.00. The van der Waals surface area contributed by atoms with Crippen molar-refractivity contribution in [3.05, 3.63) is 0 Å². The Bertz CT molecular complexity index is 545. The molecular weight excluding hydrogens is 455 g/mol. The lowest BCUT2D eigenvalue weighted by Crippen LogP contribution is -2.41. The summed E-state index contributed by atoms with van der Waals surface area (Å²) in [6.45, 7) is 6.73. The van der Waals surface area contributed by atoms with Crippen LogP contribution in [0, 0.1) is 0 Å². The van der Waals surface area contributed by atoms with E-state index in [-0.39, 0.29) is 16.8 Å². The first-order valence-corrected chi connectivity index (χ1v) is 17.1. The van der Waals surface area contributed by atoms with E-state index in [0.717, 1.165) is 135 Å². The molecule has 0 aromatic carbocycles.